The Balaban J connectivity index is 2.25. The van der Waals surface area contributed by atoms with E-state index < -0.39 is 23.5 Å². The largest absolute Gasteiger partial charge is 0.471 e. The third kappa shape index (κ3) is 4.21. The maximum atomic E-state index is 12.3. The van der Waals surface area contributed by atoms with E-state index in [1.165, 1.54) is 24.3 Å². The summed E-state index contributed by atoms with van der Waals surface area (Å²) in [6, 6.07) is 5.62. The van der Waals surface area contributed by atoms with Gasteiger partial charge >= 0.3 is 18.1 Å². The van der Waals surface area contributed by atoms with Crippen molar-refractivity contribution < 1.29 is 27.5 Å². The first-order valence-corrected chi connectivity index (χ1v) is 6.98. The number of carbonyl (C=O) groups excluding carboxylic acids is 2. The molecule has 1 heterocycles. The van der Waals surface area contributed by atoms with E-state index in [1.54, 1.807) is 11.4 Å². The summed E-state index contributed by atoms with van der Waals surface area (Å²) in [4.78, 5) is 26.9. The Hall–Kier alpha value is -2.64. The van der Waals surface area contributed by atoms with Crippen LogP contribution in [0.5, 0.6) is 0 Å². The number of aliphatic imine (C=N–C) groups is 1. The fraction of sp³-hybridized carbons (Fsp3) is 0.312. The molecule has 1 aliphatic heterocycles. The van der Waals surface area contributed by atoms with E-state index >= 15 is 0 Å². The molecular formula is C16H15F3N2O3. The molecule has 0 radical (unpaired) electrons. The summed E-state index contributed by atoms with van der Waals surface area (Å²) in [7, 11) is 0. The topological polar surface area (TPSA) is 67.8 Å². The van der Waals surface area contributed by atoms with E-state index in [1.807, 2.05) is 20.8 Å². The number of nitrogens with zero attached hydrogens (tertiary/aromatic N) is 1. The monoisotopic (exact) mass is 340 g/mol. The molecule has 2 rings (SSSR count). The van der Waals surface area contributed by atoms with Gasteiger partial charge in [-0.05, 0) is 23.8 Å². The normalized spacial score (nSPS) is 16.8. The molecule has 8 heteroatoms. The summed E-state index contributed by atoms with van der Waals surface area (Å²) < 4.78 is 41.9. The molecule has 1 aromatic rings. The first kappa shape index (κ1) is 17.7. The maximum Gasteiger partial charge on any atom is 0.471 e. The van der Waals surface area contributed by atoms with Crippen molar-refractivity contribution in [3.8, 4) is 0 Å². The number of nitrogens with one attached hydrogen (secondary N) is 1. The van der Waals surface area contributed by atoms with E-state index in [0.29, 0.717) is 5.56 Å². The van der Waals surface area contributed by atoms with Crippen molar-refractivity contribution in [3.63, 3.8) is 0 Å². The number of amides is 1. The van der Waals surface area contributed by atoms with Crippen molar-refractivity contribution >= 4 is 29.5 Å². The molecule has 1 amide bonds. The van der Waals surface area contributed by atoms with Gasteiger partial charge in [-0.15, -0.1) is 0 Å². The van der Waals surface area contributed by atoms with Crippen LogP contribution in [0.2, 0.25) is 0 Å². The van der Waals surface area contributed by atoms with Crippen molar-refractivity contribution in [1.29, 1.82) is 0 Å². The van der Waals surface area contributed by atoms with Gasteiger partial charge in [-0.3, -0.25) is 4.79 Å². The number of hydrogen-bond acceptors (Lipinski definition) is 4. The lowest BCUT2D eigenvalue weighted by Crippen LogP contribution is -2.29. The Bertz CT molecular complexity index is 744. The van der Waals surface area contributed by atoms with Crippen LogP contribution in [0.25, 0.3) is 6.08 Å². The Morgan fingerprint density at radius 2 is 1.92 bits per heavy atom. The zero-order valence-corrected chi connectivity index (χ0v) is 13.2. The molecule has 0 fully saturated rings. The van der Waals surface area contributed by atoms with E-state index in [2.05, 4.69) is 4.99 Å². The van der Waals surface area contributed by atoms with Crippen molar-refractivity contribution in [2.45, 2.75) is 26.9 Å². The van der Waals surface area contributed by atoms with Crippen LogP contribution in [0.4, 0.5) is 18.9 Å². The quantitative estimate of drug-likeness (QED) is 0.661. The van der Waals surface area contributed by atoms with Crippen LogP contribution in [-0.2, 0) is 14.3 Å². The van der Waals surface area contributed by atoms with Gasteiger partial charge in [0.05, 0.1) is 0 Å². The number of cyclic esters (lactones) is 1. The van der Waals surface area contributed by atoms with Crippen LogP contribution in [0, 0.1) is 5.41 Å². The fourth-order valence-electron chi connectivity index (χ4n) is 1.80. The maximum absolute atomic E-state index is 12.3. The Labute approximate surface area is 136 Å². The zero-order valence-electron chi connectivity index (χ0n) is 13.2. The fourth-order valence-corrected chi connectivity index (χ4v) is 1.80. The smallest absolute Gasteiger partial charge is 0.406 e. The average Bonchev–Trinajstić information content (AvgIpc) is 2.79. The lowest BCUT2D eigenvalue weighted by Gasteiger charge is -2.15. The van der Waals surface area contributed by atoms with E-state index in [9.17, 15) is 22.8 Å². The summed E-state index contributed by atoms with van der Waals surface area (Å²) >= 11 is 0. The van der Waals surface area contributed by atoms with Crippen molar-refractivity contribution in [1.82, 2.24) is 0 Å². The summed E-state index contributed by atoms with van der Waals surface area (Å²) in [6.45, 7) is 5.49. The number of benzene rings is 1. The van der Waals surface area contributed by atoms with Gasteiger partial charge in [-0.25, -0.2) is 9.79 Å². The second-order valence-electron chi connectivity index (χ2n) is 6.16. The van der Waals surface area contributed by atoms with Gasteiger partial charge < -0.3 is 10.1 Å². The molecule has 0 bridgehead atoms. The molecule has 0 saturated heterocycles. The zero-order chi connectivity index (χ0) is 18.1. The molecule has 0 unspecified atom stereocenters. The van der Waals surface area contributed by atoms with E-state index in [-0.39, 0.29) is 17.3 Å². The number of anilines is 1. The summed E-state index contributed by atoms with van der Waals surface area (Å²) in [6.07, 6.45) is -3.60. The molecule has 0 saturated carbocycles. The van der Waals surface area contributed by atoms with Gasteiger partial charge in [0.2, 0.25) is 5.90 Å². The highest BCUT2D eigenvalue weighted by Crippen LogP contribution is 2.26. The van der Waals surface area contributed by atoms with E-state index in [4.69, 9.17) is 4.74 Å². The number of esters is 1. The minimum atomic E-state index is -4.98. The first-order chi connectivity index (χ1) is 11.0. The summed E-state index contributed by atoms with van der Waals surface area (Å²) in [5, 5.41) is 1.75. The van der Waals surface area contributed by atoms with Gasteiger partial charge in [0.15, 0.2) is 5.70 Å². The molecule has 0 aliphatic carbocycles. The van der Waals surface area contributed by atoms with Crippen molar-refractivity contribution in [3.05, 3.63) is 35.5 Å². The van der Waals surface area contributed by atoms with Gasteiger partial charge in [0, 0.05) is 11.1 Å². The molecule has 0 atom stereocenters. The predicted octanol–water partition coefficient (Wildman–Crippen LogP) is 3.53. The molecular weight excluding hydrogens is 325 g/mol. The predicted molar refractivity (Wildman–Crippen MR) is 82.1 cm³/mol. The van der Waals surface area contributed by atoms with Crippen LogP contribution >= 0.6 is 0 Å². The van der Waals surface area contributed by atoms with Crippen molar-refractivity contribution in [2.24, 2.45) is 10.4 Å². The lowest BCUT2D eigenvalue weighted by molar-refractivity contribution is -0.167. The standard InChI is InChI=1S/C16H15F3N2O3/c1-15(2,3)14-21-11(12(22)24-14)8-9-5-4-6-10(7-9)20-13(23)16(17,18)19/h4-8H,1-3H3,(H,20,23). The number of alkyl halides is 3. The number of rotatable bonds is 2. The molecule has 0 spiro atoms. The number of halogens is 3. The molecule has 0 aromatic heterocycles. The Morgan fingerprint density at radius 3 is 2.46 bits per heavy atom. The molecule has 24 heavy (non-hydrogen) atoms. The van der Waals surface area contributed by atoms with Gasteiger partial charge in [0.25, 0.3) is 0 Å². The van der Waals surface area contributed by atoms with Crippen LogP contribution in [-0.4, -0.2) is 24.0 Å². The first-order valence-electron chi connectivity index (χ1n) is 6.98. The average molecular weight is 340 g/mol. The highest BCUT2D eigenvalue weighted by atomic mass is 19.4. The highest BCUT2D eigenvalue weighted by Gasteiger charge is 2.38. The Kier molecular flexibility index (Phi) is 4.50. The van der Waals surface area contributed by atoms with Gasteiger partial charge in [-0.1, -0.05) is 32.9 Å². The molecule has 128 valence electrons. The number of hydrogen-bond donors (Lipinski definition) is 1. The van der Waals surface area contributed by atoms with Crippen LogP contribution < -0.4 is 5.32 Å². The highest BCUT2D eigenvalue weighted by molar-refractivity contribution is 6.08. The molecule has 1 N–H and O–H groups in total. The minimum Gasteiger partial charge on any atom is -0.406 e. The number of ether oxygens (including phenoxy) is 1. The minimum absolute atomic E-state index is 0.0409. The molecule has 1 aromatic carbocycles. The third-order valence-corrected chi connectivity index (χ3v) is 2.97. The van der Waals surface area contributed by atoms with Crippen LogP contribution in [0.1, 0.15) is 26.3 Å². The molecule has 5 nitrogen and oxygen atoms in total. The summed E-state index contributed by atoms with van der Waals surface area (Å²) in [5.41, 5.74) is -0.0496. The van der Waals surface area contributed by atoms with E-state index in [0.717, 1.165) is 0 Å². The second-order valence-corrected chi connectivity index (χ2v) is 6.16. The van der Waals surface area contributed by atoms with Crippen molar-refractivity contribution in [2.75, 3.05) is 5.32 Å². The summed E-state index contributed by atoms with van der Waals surface area (Å²) in [5.74, 6) is -2.44. The second kappa shape index (κ2) is 6.10. The van der Waals surface area contributed by atoms with Crippen LogP contribution in [0.3, 0.4) is 0 Å². The molecule has 1 aliphatic rings. The van der Waals surface area contributed by atoms with Crippen LogP contribution in [0.15, 0.2) is 35.0 Å². The number of carbonyl (C=O) groups is 2. The SMILES string of the molecule is CC(C)(C)C1=NC(=Cc2cccc(NC(=O)C(F)(F)F)c2)C(=O)O1. The van der Waals surface area contributed by atoms with Gasteiger partial charge in [0.1, 0.15) is 0 Å². The Morgan fingerprint density at radius 1 is 1.25 bits per heavy atom. The van der Waals surface area contributed by atoms with Gasteiger partial charge in [-0.2, -0.15) is 13.2 Å². The lowest BCUT2D eigenvalue weighted by atomic mass is 9.97. The third-order valence-electron chi connectivity index (χ3n) is 2.97.